The monoisotopic (exact) mass is 874 g/mol. The van der Waals surface area contributed by atoms with E-state index in [1.54, 1.807) is 20.8 Å². The van der Waals surface area contributed by atoms with E-state index in [1.165, 1.54) is 20.8 Å². The minimum Gasteiger partial charge on any atom is -0.394 e. The normalized spacial score (nSPS) is 31.7. The highest BCUT2D eigenvalue weighted by Gasteiger charge is 2.68. The first-order valence-corrected chi connectivity index (χ1v) is 20.4. The van der Waals surface area contributed by atoms with Gasteiger partial charge in [0.05, 0.1) is 55.8 Å². The number of guanidine groups is 2. The zero-order valence-corrected chi connectivity index (χ0v) is 33.7. The number of aliphatic hydroxyl groups excluding tert-OH is 5. The molecule has 0 saturated carbocycles. The van der Waals surface area contributed by atoms with E-state index in [0.29, 0.717) is 0 Å². The molecule has 15 atom stereocenters. The third kappa shape index (κ3) is 14.8. The predicted octanol–water partition coefficient (Wildman–Crippen LogP) is -2.70. The second-order valence-electron chi connectivity index (χ2n) is 13.7. The Morgan fingerprint density at radius 3 is 1.75 bits per heavy atom. The number of nitrogens with two attached hydrogens (primary N) is 4. The molecule has 57 heavy (non-hydrogen) atoms. The van der Waals surface area contributed by atoms with E-state index in [2.05, 4.69) is 25.1 Å². The molecule has 0 spiro atoms. The number of ether oxygens (including phenoxy) is 2. The molecule has 2 aliphatic rings. The molecule has 0 aromatic heterocycles. The van der Waals surface area contributed by atoms with Crippen LogP contribution in [0.1, 0.15) is 62.3 Å². The van der Waals surface area contributed by atoms with Gasteiger partial charge in [-0.05, 0) is 27.7 Å². The van der Waals surface area contributed by atoms with Crippen LogP contribution in [0.4, 0.5) is 8.78 Å². The van der Waals surface area contributed by atoms with Crippen molar-refractivity contribution in [1.82, 2.24) is 10.6 Å². The molecule has 2 aliphatic heterocycles. The van der Waals surface area contributed by atoms with Crippen molar-refractivity contribution in [2.45, 2.75) is 147 Å². The third-order valence-electron chi connectivity index (χ3n) is 8.24. The molecule has 2 fully saturated rings. The fourth-order valence-electron chi connectivity index (χ4n) is 5.87. The fraction of sp³-hybridized carbons (Fsp3) is 0.867. The highest BCUT2D eigenvalue weighted by atomic mass is 31.2. The van der Waals surface area contributed by atoms with Crippen molar-refractivity contribution in [2.75, 3.05) is 13.2 Å². The summed E-state index contributed by atoms with van der Waals surface area (Å²) in [6.45, 7) is 8.06. The minimum absolute atomic E-state index is 0. The second kappa shape index (κ2) is 22.7. The van der Waals surface area contributed by atoms with E-state index < -0.39 is 131 Å². The lowest BCUT2D eigenvalue weighted by Gasteiger charge is -2.47. The molecule has 2 heterocycles. The standard InChI is InChI=1S/C15H31N4O7P.C14H27F2N4O8P.CH4/c1-7(2)26-27(23,24)12-5-10(19-15(16)17)13(18-9(4)21)14(25-12)8(3)11(22)6-20;1-5(2)28-29(25,26)14(16)12(15)9(20-13(17)18)8(19-6(3)22)11(27-14)10(24)7(23)4-21;/h7-8,10-14,20,22H,5-6H2,1-4H3,(H,18,21)(H,23,24)(H4,16,17,19);5,7-12,21,23-24H,4H2,1-3H3,(H,19,22)(H,25,26)(H4,17,18,20);1H4/t8-,10+,11-,12?,13-,14+;7-,8-,9-,10-,11-,12-,14-;/m11./s1. The van der Waals surface area contributed by atoms with Crippen molar-refractivity contribution in [2.24, 2.45) is 38.8 Å². The first-order valence-electron chi connectivity index (χ1n) is 17.2. The Morgan fingerprint density at radius 2 is 1.33 bits per heavy atom. The van der Waals surface area contributed by atoms with Crippen molar-refractivity contribution in [3.05, 3.63) is 0 Å². The van der Waals surface area contributed by atoms with Crippen LogP contribution >= 0.6 is 15.2 Å². The average Bonchev–Trinajstić information content (AvgIpc) is 3.05. The highest BCUT2D eigenvalue weighted by molar-refractivity contribution is 7.54. The predicted molar refractivity (Wildman–Crippen MR) is 201 cm³/mol. The van der Waals surface area contributed by atoms with Crippen molar-refractivity contribution in [1.29, 1.82) is 0 Å². The second-order valence-corrected chi connectivity index (χ2v) is 17.5. The minimum atomic E-state index is -5.53. The summed E-state index contributed by atoms with van der Waals surface area (Å²) < 4.78 is 76.1. The van der Waals surface area contributed by atoms with Gasteiger partial charge in [-0.3, -0.25) is 18.7 Å². The number of rotatable bonds is 16. The largest absolute Gasteiger partial charge is 0.395 e. The van der Waals surface area contributed by atoms with Crippen LogP contribution in [-0.4, -0.2) is 157 Å². The first-order chi connectivity index (χ1) is 25.6. The molecule has 0 bridgehead atoms. The van der Waals surface area contributed by atoms with Gasteiger partial charge >= 0.3 is 20.8 Å². The molecule has 3 unspecified atom stereocenters. The van der Waals surface area contributed by atoms with E-state index in [4.69, 9.17) is 42.0 Å². The van der Waals surface area contributed by atoms with E-state index in [9.17, 15) is 48.9 Å². The Labute approximate surface area is 329 Å². The van der Waals surface area contributed by atoms with Crippen molar-refractivity contribution < 1.29 is 81.3 Å². The summed E-state index contributed by atoms with van der Waals surface area (Å²) in [6.07, 6.45) is -13.0. The Hall–Kier alpha value is -2.64. The van der Waals surface area contributed by atoms with Crippen LogP contribution in [0.3, 0.4) is 0 Å². The van der Waals surface area contributed by atoms with Crippen LogP contribution in [0.15, 0.2) is 9.98 Å². The van der Waals surface area contributed by atoms with Crippen LogP contribution in [0.2, 0.25) is 0 Å². The Kier molecular flexibility index (Phi) is 21.6. The van der Waals surface area contributed by atoms with Gasteiger partial charge in [0.2, 0.25) is 11.8 Å². The molecule has 2 rings (SSSR count). The molecular weight excluding hydrogens is 812 g/mol. The number of aliphatic imine (C=N–C) groups is 2. The number of carbonyl (C=O) groups excluding carboxylic acids is 2. The highest BCUT2D eigenvalue weighted by Crippen LogP contribution is 2.63. The molecule has 0 aromatic rings. The van der Waals surface area contributed by atoms with Gasteiger partial charge in [-0.1, -0.05) is 14.4 Å². The molecule has 23 nitrogen and oxygen atoms in total. The van der Waals surface area contributed by atoms with E-state index in [0.717, 1.165) is 6.92 Å². The number of nitrogens with zero attached hydrogens (tertiary/aromatic N) is 2. The maximum Gasteiger partial charge on any atom is 0.395 e. The molecule has 27 heteroatoms. The molecule has 2 amide bonds. The van der Waals surface area contributed by atoms with Gasteiger partial charge in [0.1, 0.15) is 24.4 Å². The lowest BCUT2D eigenvalue weighted by Crippen LogP contribution is -2.69. The quantitative estimate of drug-likeness (QED) is 0.0426. The molecule has 0 radical (unpaired) electrons. The number of halogens is 2. The molecular formula is C30H62F2N8O15P2. The average molecular weight is 875 g/mol. The van der Waals surface area contributed by atoms with Crippen LogP contribution in [0.25, 0.3) is 0 Å². The SMILES string of the molecule is C.CC(=O)N[C@@H]1[C@@H](N=C(N)N)[C@@H](F)[C@](F)(P(=O)(O)OC(C)C)O[C@H]1[C@H](O)[C@H](O)CO.CC(=O)N[C@H]1[C@H]([C@H](C)[C@H](O)CO)OC(P(=O)(O)OC(C)C)C[C@@H]1N=C(N)N. The van der Waals surface area contributed by atoms with Gasteiger partial charge in [-0.25, -0.2) is 14.4 Å². The Balaban J connectivity index is 0.00000108. The zero-order chi connectivity index (χ0) is 43.7. The third-order valence-corrected chi connectivity index (χ3v) is 11.9. The maximum atomic E-state index is 15.5. The van der Waals surface area contributed by atoms with Gasteiger partial charge in [0.25, 0.3) is 0 Å². The van der Waals surface area contributed by atoms with Gasteiger partial charge in [0.15, 0.2) is 23.9 Å². The summed E-state index contributed by atoms with van der Waals surface area (Å²) in [7, 11) is -9.74. The molecule has 336 valence electrons. The summed E-state index contributed by atoms with van der Waals surface area (Å²) in [5.41, 5.74) is 17.4. The number of amides is 2. The Bertz CT molecular complexity index is 1460. The summed E-state index contributed by atoms with van der Waals surface area (Å²) in [5.74, 6) is -4.18. The number of aliphatic hydroxyl groups is 5. The summed E-state index contributed by atoms with van der Waals surface area (Å²) in [5, 5.41) is 53.2. The van der Waals surface area contributed by atoms with E-state index in [1.807, 2.05) is 0 Å². The number of hydrogen-bond donors (Lipinski definition) is 13. The molecule has 0 aromatic carbocycles. The van der Waals surface area contributed by atoms with Gasteiger partial charge in [0, 0.05) is 26.2 Å². The van der Waals surface area contributed by atoms with Crippen molar-refractivity contribution in [3.63, 3.8) is 0 Å². The lowest BCUT2D eigenvalue weighted by molar-refractivity contribution is -0.246. The van der Waals surface area contributed by atoms with Crippen LogP contribution in [0.5, 0.6) is 0 Å². The van der Waals surface area contributed by atoms with Crippen LogP contribution in [-0.2, 0) is 37.2 Å². The molecule has 0 aliphatic carbocycles. The Morgan fingerprint density at radius 1 is 0.860 bits per heavy atom. The van der Waals surface area contributed by atoms with Crippen LogP contribution < -0.4 is 33.6 Å². The maximum absolute atomic E-state index is 15.5. The van der Waals surface area contributed by atoms with Gasteiger partial charge in [-0.15, -0.1) is 0 Å². The number of carbonyl (C=O) groups is 2. The number of alkyl halides is 2. The lowest BCUT2D eigenvalue weighted by atomic mass is 9.86. The number of nitrogens with one attached hydrogen (secondary N) is 2. The summed E-state index contributed by atoms with van der Waals surface area (Å²) in [4.78, 5) is 51.1. The zero-order valence-electron chi connectivity index (χ0n) is 32.0. The van der Waals surface area contributed by atoms with Crippen molar-refractivity contribution >= 4 is 38.9 Å². The van der Waals surface area contributed by atoms with Gasteiger partial charge < -0.3 is 87.4 Å². The van der Waals surface area contributed by atoms with E-state index >= 15 is 8.78 Å². The smallest absolute Gasteiger partial charge is 0.394 e. The fourth-order valence-corrected chi connectivity index (χ4v) is 8.82. The summed E-state index contributed by atoms with van der Waals surface area (Å²) >= 11 is 0. The van der Waals surface area contributed by atoms with E-state index in [-0.39, 0.29) is 25.7 Å². The topological polar surface area (TPSA) is 400 Å². The number of hydrogen-bond acceptors (Lipinski definition) is 15. The molecule has 2 saturated heterocycles. The van der Waals surface area contributed by atoms with Gasteiger partial charge in [-0.2, -0.15) is 4.39 Å². The van der Waals surface area contributed by atoms with Crippen LogP contribution in [0, 0.1) is 5.92 Å². The first kappa shape index (κ1) is 54.4. The summed E-state index contributed by atoms with van der Waals surface area (Å²) in [6, 6.07) is -5.31. The van der Waals surface area contributed by atoms with Crippen molar-refractivity contribution in [3.8, 4) is 0 Å². The molecule has 17 N–H and O–H groups in total.